The van der Waals surface area contributed by atoms with Crippen LogP contribution in [0.3, 0.4) is 0 Å². The molecule has 0 amide bonds. The Hall–Kier alpha value is -2.48. The highest BCUT2D eigenvalue weighted by atomic mass is 16.5. The number of para-hydroxylation sites is 1. The molecule has 0 saturated carbocycles. The quantitative estimate of drug-likeness (QED) is 0.669. The Morgan fingerprint density at radius 1 is 1.11 bits per heavy atom. The largest absolute Gasteiger partial charge is 0.493 e. The number of ether oxygens (including phenoxy) is 1. The van der Waals surface area contributed by atoms with Gasteiger partial charge in [-0.25, -0.2) is 0 Å². The Labute approximate surface area is 111 Å². The number of methoxy groups -OCH3 is 1. The molecule has 3 rings (SSSR count). The zero-order chi connectivity index (χ0) is 13.2. The predicted octanol–water partition coefficient (Wildman–Crippen LogP) is 4.75. The molecule has 0 N–H and O–H groups in total. The molecular weight excluding hydrogens is 236 g/mol. The van der Waals surface area contributed by atoms with E-state index in [4.69, 9.17) is 9.15 Å². The summed E-state index contributed by atoms with van der Waals surface area (Å²) in [7, 11) is 1.65. The van der Waals surface area contributed by atoms with Gasteiger partial charge < -0.3 is 9.15 Å². The molecule has 0 spiro atoms. The summed E-state index contributed by atoms with van der Waals surface area (Å²) >= 11 is 0. The van der Waals surface area contributed by atoms with E-state index in [0.717, 1.165) is 33.6 Å². The fourth-order valence-electron chi connectivity index (χ4n) is 2.23. The molecule has 3 aromatic rings. The first kappa shape index (κ1) is 11.6. The highest BCUT2D eigenvalue weighted by Crippen LogP contribution is 2.34. The van der Waals surface area contributed by atoms with E-state index in [9.17, 15) is 0 Å². The topological polar surface area (TPSA) is 22.4 Å². The normalized spacial score (nSPS) is 10.6. The van der Waals surface area contributed by atoms with Gasteiger partial charge in [0.25, 0.3) is 0 Å². The zero-order valence-corrected chi connectivity index (χ0v) is 10.7. The lowest BCUT2D eigenvalue weighted by Gasteiger charge is -2.02. The van der Waals surface area contributed by atoms with E-state index >= 15 is 0 Å². The van der Waals surface area contributed by atoms with Crippen molar-refractivity contribution in [3.8, 4) is 17.1 Å². The van der Waals surface area contributed by atoms with E-state index < -0.39 is 0 Å². The third-order valence-corrected chi connectivity index (χ3v) is 3.17. The molecule has 0 fully saturated rings. The number of furan rings is 1. The molecule has 2 aromatic carbocycles. The average Bonchev–Trinajstić information content (AvgIpc) is 2.90. The molecule has 2 heteroatoms. The van der Waals surface area contributed by atoms with Crippen LogP contribution in [0.2, 0.25) is 0 Å². The van der Waals surface area contributed by atoms with Crippen molar-refractivity contribution >= 4 is 17.0 Å². The second-order valence-electron chi connectivity index (χ2n) is 4.28. The summed E-state index contributed by atoms with van der Waals surface area (Å²) in [5.74, 6) is 1.58. The molecule has 1 heterocycles. The Kier molecular flexibility index (Phi) is 2.84. The van der Waals surface area contributed by atoms with Gasteiger partial charge in [0.2, 0.25) is 0 Å². The molecule has 0 unspecified atom stereocenters. The lowest BCUT2D eigenvalue weighted by molar-refractivity contribution is 0.411. The Morgan fingerprint density at radius 3 is 2.74 bits per heavy atom. The van der Waals surface area contributed by atoms with Crippen molar-refractivity contribution in [2.75, 3.05) is 7.11 Å². The zero-order valence-electron chi connectivity index (χ0n) is 10.7. The summed E-state index contributed by atoms with van der Waals surface area (Å²) in [4.78, 5) is 0. The van der Waals surface area contributed by atoms with Gasteiger partial charge in [-0.1, -0.05) is 49.1 Å². The van der Waals surface area contributed by atoms with E-state index in [1.165, 1.54) is 0 Å². The molecule has 19 heavy (non-hydrogen) atoms. The summed E-state index contributed by atoms with van der Waals surface area (Å²) in [6.07, 6.45) is 1.83. The number of fused-ring (bicyclic) bond motifs is 1. The molecule has 0 aliphatic rings. The van der Waals surface area contributed by atoms with Crippen molar-refractivity contribution in [3.05, 3.63) is 60.7 Å². The molecule has 0 radical (unpaired) electrons. The first-order chi connectivity index (χ1) is 9.33. The summed E-state index contributed by atoms with van der Waals surface area (Å²) < 4.78 is 11.3. The van der Waals surface area contributed by atoms with Gasteiger partial charge in [0.1, 0.15) is 5.76 Å². The lowest BCUT2D eigenvalue weighted by atomic mass is 10.1. The molecule has 0 bridgehead atoms. The van der Waals surface area contributed by atoms with E-state index in [-0.39, 0.29) is 0 Å². The highest BCUT2D eigenvalue weighted by Gasteiger charge is 2.11. The summed E-state index contributed by atoms with van der Waals surface area (Å²) in [5.41, 5.74) is 2.87. The van der Waals surface area contributed by atoms with Crippen molar-refractivity contribution < 1.29 is 9.15 Å². The van der Waals surface area contributed by atoms with Gasteiger partial charge in [0, 0.05) is 10.9 Å². The van der Waals surface area contributed by atoms with E-state index in [0.29, 0.717) is 0 Å². The van der Waals surface area contributed by atoms with Gasteiger partial charge in [-0.05, 0) is 17.7 Å². The molecule has 94 valence electrons. The molecule has 0 aliphatic carbocycles. The van der Waals surface area contributed by atoms with Gasteiger partial charge in [-0.2, -0.15) is 0 Å². The van der Waals surface area contributed by atoms with Crippen LogP contribution in [0.15, 0.2) is 59.5 Å². The Bertz CT molecular complexity index is 738. The number of hydrogen-bond acceptors (Lipinski definition) is 2. The summed E-state index contributed by atoms with van der Waals surface area (Å²) in [5, 5.41) is 1.04. The van der Waals surface area contributed by atoms with Gasteiger partial charge >= 0.3 is 0 Å². The van der Waals surface area contributed by atoms with Crippen LogP contribution in [0, 0.1) is 0 Å². The maximum absolute atomic E-state index is 5.95. The van der Waals surface area contributed by atoms with E-state index in [1.54, 1.807) is 7.11 Å². The smallest absolute Gasteiger partial charge is 0.176 e. The van der Waals surface area contributed by atoms with Crippen LogP contribution in [0.4, 0.5) is 0 Å². The molecule has 0 saturated heterocycles. The van der Waals surface area contributed by atoms with Crippen LogP contribution in [0.5, 0.6) is 5.75 Å². The van der Waals surface area contributed by atoms with Crippen molar-refractivity contribution in [1.29, 1.82) is 0 Å². The number of hydrogen-bond donors (Lipinski definition) is 0. The van der Waals surface area contributed by atoms with Crippen molar-refractivity contribution in [3.63, 3.8) is 0 Å². The summed E-state index contributed by atoms with van der Waals surface area (Å²) in [6.45, 7) is 3.84. The van der Waals surface area contributed by atoms with E-state index in [2.05, 4.69) is 6.58 Å². The van der Waals surface area contributed by atoms with Crippen LogP contribution in [0.25, 0.3) is 28.4 Å². The Balaban J connectivity index is 2.23. The van der Waals surface area contributed by atoms with Gasteiger partial charge in [-0.3, -0.25) is 0 Å². The lowest BCUT2D eigenvalue weighted by Crippen LogP contribution is -1.81. The van der Waals surface area contributed by atoms with Crippen LogP contribution >= 0.6 is 0 Å². The molecule has 0 aliphatic heterocycles. The second-order valence-corrected chi connectivity index (χ2v) is 4.28. The van der Waals surface area contributed by atoms with Gasteiger partial charge in [0.05, 0.1) is 7.11 Å². The summed E-state index contributed by atoms with van der Waals surface area (Å²) in [6, 6.07) is 15.9. The fraction of sp³-hybridized carbons (Fsp3) is 0.0588. The van der Waals surface area contributed by atoms with Crippen LogP contribution < -0.4 is 4.74 Å². The standard InChI is InChI=1S/C17H14O2/c1-3-12-7-4-5-9-14(12)16-11-13-8-6-10-15(18-2)17(13)19-16/h3-11H,1H2,2H3. The third-order valence-electron chi connectivity index (χ3n) is 3.17. The van der Waals surface area contributed by atoms with Gasteiger partial charge in [0.15, 0.2) is 11.3 Å². The molecular formula is C17H14O2. The van der Waals surface area contributed by atoms with Crippen LogP contribution in [-0.2, 0) is 0 Å². The highest BCUT2D eigenvalue weighted by molar-refractivity contribution is 5.88. The van der Waals surface area contributed by atoms with E-state index in [1.807, 2.05) is 54.6 Å². The first-order valence-corrected chi connectivity index (χ1v) is 6.12. The number of rotatable bonds is 3. The van der Waals surface area contributed by atoms with Crippen molar-refractivity contribution in [2.24, 2.45) is 0 Å². The van der Waals surface area contributed by atoms with Crippen LogP contribution in [0.1, 0.15) is 5.56 Å². The SMILES string of the molecule is C=Cc1ccccc1-c1cc2cccc(OC)c2o1. The minimum Gasteiger partial charge on any atom is -0.493 e. The predicted molar refractivity (Wildman–Crippen MR) is 78.3 cm³/mol. The van der Waals surface area contributed by atoms with Crippen LogP contribution in [-0.4, -0.2) is 7.11 Å². The number of benzene rings is 2. The fourth-order valence-corrected chi connectivity index (χ4v) is 2.23. The van der Waals surface area contributed by atoms with Crippen molar-refractivity contribution in [1.82, 2.24) is 0 Å². The maximum Gasteiger partial charge on any atom is 0.176 e. The molecule has 2 nitrogen and oxygen atoms in total. The Morgan fingerprint density at radius 2 is 1.95 bits per heavy atom. The maximum atomic E-state index is 5.95. The third kappa shape index (κ3) is 1.91. The monoisotopic (exact) mass is 250 g/mol. The first-order valence-electron chi connectivity index (χ1n) is 6.12. The van der Waals surface area contributed by atoms with Gasteiger partial charge in [-0.15, -0.1) is 0 Å². The van der Waals surface area contributed by atoms with Crippen molar-refractivity contribution in [2.45, 2.75) is 0 Å². The molecule has 1 aromatic heterocycles. The average molecular weight is 250 g/mol. The molecule has 0 atom stereocenters. The minimum atomic E-state index is 0.750. The second kappa shape index (κ2) is 4.65. The minimum absolute atomic E-state index is 0.750.